The van der Waals surface area contributed by atoms with E-state index in [2.05, 4.69) is 4.98 Å². The highest BCUT2D eigenvalue weighted by Crippen LogP contribution is 2.27. The minimum atomic E-state index is -1.06. The number of fused-ring (bicyclic) bond motifs is 1. The van der Waals surface area contributed by atoms with Crippen LogP contribution in [-0.4, -0.2) is 20.5 Å². The summed E-state index contributed by atoms with van der Waals surface area (Å²) in [6.07, 6.45) is 1.47. The van der Waals surface area contributed by atoms with Crippen molar-refractivity contribution in [3.8, 4) is 11.3 Å². The lowest BCUT2D eigenvalue weighted by molar-refractivity contribution is 0.0691. The number of rotatable bonds is 2. The van der Waals surface area contributed by atoms with Crippen molar-refractivity contribution in [3.05, 3.63) is 46.9 Å². The van der Waals surface area contributed by atoms with E-state index in [0.717, 1.165) is 11.3 Å². The van der Waals surface area contributed by atoms with E-state index < -0.39 is 5.97 Å². The SMILES string of the molecule is Cc1cc(-c2csc3nc(C(=O)O)cn23)ccc1F. The van der Waals surface area contributed by atoms with E-state index in [1.165, 1.54) is 23.6 Å². The van der Waals surface area contributed by atoms with Crippen LogP contribution in [0.4, 0.5) is 4.39 Å². The Labute approximate surface area is 111 Å². The summed E-state index contributed by atoms with van der Waals surface area (Å²) in [5.74, 6) is -1.32. The second kappa shape index (κ2) is 4.17. The fourth-order valence-corrected chi connectivity index (χ4v) is 2.78. The molecule has 3 aromatic rings. The summed E-state index contributed by atoms with van der Waals surface area (Å²) in [6.45, 7) is 1.69. The zero-order valence-electron chi connectivity index (χ0n) is 9.92. The number of carboxylic acid groups (broad SMARTS) is 1. The highest BCUT2D eigenvalue weighted by molar-refractivity contribution is 7.15. The summed E-state index contributed by atoms with van der Waals surface area (Å²) >= 11 is 1.35. The third-order valence-electron chi connectivity index (χ3n) is 2.88. The van der Waals surface area contributed by atoms with E-state index in [1.54, 1.807) is 23.5 Å². The summed E-state index contributed by atoms with van der Waals surface area (Å²) in [5.41, 5.74) is 2.20. The number of thiazole rings is 1. The Morgan fingerprint density at radius 3 is 2.95 bits per heavy atom. The van der Waals surface area contributed by atoms with Gasteiger partial charge in [0.1, 0.15) is 5.82 Å². The van der Waals surface area contributed by atoms with E-state index in [1.807, 2.05) is 5.38 Å². The zero-order valence-corrected chi connectivity index (χ0v) is 10.7. The summed E-state index contributed by atoms with van der Waals surface area (Å²) in [4.78, 5) is 15.5. The molecule has 0 saturated carbocycles. The van der Waals surface area contributed by atoms with E-state index in [0.29, 0.717) is 10.5 Å². The van der Waals surface area contributed by atoms with Crippen LogP contribution in [0.2, 0.25) is 0 Å². The van der Waals surface area contributed by atoms with Crippen LogP contribution in [0.15, 0.2) is 29.8 Å². The van der Waals surface area contributed by atoms with Crippen LogP contribution in [0, 0.1) is 12.7 Å². The molecule has 3 rings (SSSR count). The van der Waals surface area contributed by atoms with Gasteiger partial charge in [0.15, 0.2) is 10.7 Å². The van der Waals surface area contributed by atoms with Crippen LogP contribution in [-0.2, 0) is 0 Å². The second-order valence-electron chi connectivity index (χ2n) is 4.17. The molecular formula is C13H9FN2O2S. The minimum Gasteiger partial charge on any atom is -0.476 e. The fourth-order valence-electron chi connectivity index (χ4n) is 1.90. The lowest BCUT2D eigenvalue weighted by Crippen LogP contribution is -1.95. The second-order valence-corrected chi connectivity index (χ2v) is 5.01. The normalized spacial score (nSPS) is 11.1. The first-order chi connectivity index (χ1) is 9.06. The van der Waals surface area contributed by atoms with Gasteiger partial charge in [0.2, 0.25) is 0 Å². The van der Waals surface area contributed by atoms with Crippen molar-refractivity contribution >= 4 is 22.3 Å². The molecule has 19 heavy (non-hydrogen) atoms. The summed E-state index contributed by atoms with van der Waals surface area (Å²) in [5, 5.41) is 10.8. The van der Waals surface area contributed by atoms with Crippen LogP contribution < -0.4 is 0 Å². The largest absolute Gasteiger partial charge is 0.476 e. The number of nitrogens with zero attached hydrogens (tertiary/aromatic N) is 2. The standard InChI is InChI=1S/C13H9FN2O2S/c1-7-4-8(2-3-9(7)14)11-6-19-13-15-10(12(17)18)5-16(11)13/h2-6H,1H3,(H,17,18). The molecule has 0 aliphatic carbocycles. The molecule has 1 aromatic carbocycles. The van der Waals surface area contributed by atoms with Crippen LogP contribution >= 0.6 is 11.3 Å². The smallest absolute Gasteiger partial charge is 0.356 e. The number of carboxylic acids is 1. The molecule has 0 aliphatic heterocycles. The van der Waals surface area contributed by atoms with Gasteiger partial charge >= 0.3 is 5.97 Å². The maximum absolute atomic E-state index is 13.3. The van der Waals surface area contributed by atoms with Crippen molar-refractivity contribution in [2.75, 3.05) is 0 Å². The molecule has 0 amide bonds. The molecule has 0 bridgehead atoms. The first-order valence-corrected chi connectivity index (χ1v) is 6.40. The number of aromatic nitrogens is 2. The molecule has 0 spiro atoms. The van der Waals surface area contributed by atoms with Gasteiger partial charge in [0, 0.05) is 11.6 Å². The predicted molar refractivity (Wildman–Crippen MR) is 70.2 cm³/mol. The number of halogens is 1. The summed E-state index contributed by atoms with van der Waals surface area (Å²) < 4.78 is 15.0. The van der Waals surface area contributed by atoms with Gasteiger partial charge in [-0.15, -0.1) is 11.3 Å². The monoisotopic (exact) mass is 276 g/mol. The van der Waals surface area contributed by atoms with E-state index in [-0.39, 0.29) is 11.5 Å². The van der Waals surface area contributed by atoms with Gasteiger partial charge in [-0.05, 0) is 36.2 Å². The molecule has 96 valence electrons. The highest BCUT2D eigenvalue weighted by atomic mass is 32.1. The molecule has 4 nitrogen and oxygen atoms in total. The van der Waals surface area contributed by atoms with E-state index in [4.69, 9.17) is 5.11 Å². The Bertz CT molecular complexity index is 791. The van der Waals surface area contributed by atoms with Gasteiger partial charge in [0.05, 0.1) is 5.69 Å². The number of aryl methyl sites for hydroxylation is 1. The topological polar surface area (TPSA) is 54.6 Å². The third-order valence-corrected chi connectivity index (χ3v) is 3.72. The van der Waals surface area contributed by atoms with Crippen molar-refractivity contribution in [1.29, 1.82) is 0 Å². The average Bonchev–Trinajstić information content (AvgIpc) is 2.92. The maximum atomic E-state index is 13.3. The van der Waals surface area contributed by atoms with Crippen molar-refractivity contribution in [3.63, 3.8) is 0 Å². The molecule has 0 saturated heterocycles. The number of imidazole rings is 1. The maximum Gasteiger partial charge on any atom is 0.356 e. The number of hydrogen-bond donors (Lipinski definition) is 1. The lowest BCUT2D eigenvalue weighted by Gasteiger charge is -2.02. The van der Waals surface area contributed by atoms with Gasteiger partial charge in [-0.3, -0.25) is 4.40 Å². The van der Waals surface area contributed by atoms with Crippen LogP contribution in [0.1, 0.15) is 16.1 Å². The van der Waals surface area contributed by atoms with Gasteiger partial charge in [-0.1, -0.05) is 0 Å². The minimum absolute atomic E-state index is 0.00642. The van der Waals surface area contributed by atoms with Crippen molar-refractivity contribution in [1.82, 2.24) is 9.38 Å². The molecule has 0 radical (unpaired) electrons. The molecule has 2 heterocycles. The molecule has 2 aromatic heterocycles. The number of carbonyl (C=O) groups is 1. The zero-order chi connectivity index (χ0) is 13.6. The van der Waals surface area contributed by atoms with Gasteiger partial charge < -0.3 is 5.11 Å². The molecular weight excluding hydrogens is 267 g/mol. The number of aromatic carboxylic acids is 1. The van der Waals surface area contributed by atoms with E-state index in [9.17, 15) is 9.18 Å². The molecule has 0 atom stereocenters. The molecule has 0 fully saturated rings. The quantitative estimate of drug-likeness (QED) is 0.782. The van der Waals surface area contributed by atoms with Gasteiger partial charge in [-0.2, -0.15) is 0 Å². The average molecular weight is 276 g/mol. The molecule has 0 unspecified atom stereocenters. The van der Waals surface area contributed by atoms with Crippen LogP contribution in [0.3, 0.4) is 0 Å². The first kappa shape index (κ1) is 11.9. The Morgan fingerprint density at radius 2 is 2.26 bits per heavy atom. The Hall–Kier alpha value is -2.21. The molecule has 0 aliphatic rings. The van der Waals surface area contributed by atoms with Crippen LogP contribution in [0.25, 0.3) is 16.2 Å². The summed E-state index contributed by atoms with van der Waals surface area (Å²) in [7, 11) is 0. The third kappa shape index (κ3) is 1.90. The predicted octanol–water partition coefficient (Wildman–Crippen LogP) is 3.21. The fraction of sp³-hybridized carbons (Fsp3) is 0.0769. The number of hydrogen-bond acceptors (Lipinski definition) is 3. The Morgan fingerprint density at radius 1 is 1.47 bits per heavy atom. The highest BCUT2D eigenvalue weighted by Gasteiger charge is 2.14. The Balaban J connectivity index is 2.18. The number of benzene rings is 1. The van der Waals surface area contributed by atoms with Crippen LogP contribution in [0.5, 0.6) is 0 Å². The van der Waals surface area contributed by atoms with Crippen molar-refractivity contribution in [2.45, 2.75) is 6.92 Å². The Kier molecular flexibility index (Phi) is 2.60. The van der Waals surface area contributed by atoms with Gasteiger partial charge in [0.25, 0.3) is 0 Å². The lowest BCUT2D eigenvalue weighted by atomic mass is 10.1. The molecule has 6 heteroatoms. The van der Waals surface area contributed by atoms with Crippen molar-refractivity contribution < 1.29 is 14.3 Å². The first-order valence-electron chi connectivity index (χ1n) is 5.52. The molecule has 1 N–H and O–H groups in total. The van der Waals surface area contributed by atoms with Crippen molar-refractivity contribution in [2.24, 2.45) is 0 Å². The summed E-state index contributed by atoms with van der Waals surface area (Å²) in [6, 6.07) is 4.81. The van der Waals surface area contributed by atoms with E-state index >= 15 is 0 Å². The van der Waals surface area contributed by atoms with Gasteiger partial charge in [-0.25, -0.2) is 14.2 Å².